The van der Waals surface area contributed by atoms with Crippen molar-refractivity contribution in [1.29, 1.82) is 0 Å². The van der Waals surface area contributed by atoms with Crippen LogP contribution in [-0.4, -0.2) is 15.6 Å². The lowest BCUT2D eigenvalue weighted by Gasteiger charge is -2.31. The fraction of sp³-hybridized carbons (Fsp3) is 0.812. The molecule has 0 radical (unpaired) electrons. The summed E-state index contributed by atoms with van der Waals surface area (Å²) in [5.41, 5.74) is 1.42. The van der Waals surface area contributed by atoms with E-state index in [-0.39, 0.29) is 0 Å². The van der Waals surface area contributed by atoms with Gasteiger partial charge in [0.05, 0.1) is 12.0 Å². The van der Waals surface area contributed by atoms with Gasteiger partial charge in [-0.1, -0.05) is 19.8 Å². The summed E-state index contributed by atoms with van der Waals surface area (Å²) in [6.07, 6.45) is 13.5. The van der Waals surface area contributed by atoms with E-state index in [1.165, 1.54) is 50.6 Å². The van der Waals surface area contributed by atoms with Crippen LogP contribution in [-0.2, 0) is 0 Å². The van der Waals surface area contributed by atoms with Gasteiger partial charge in [0, 0.05) is 24.3 Å². The third-order valence-corrected chi connectivity index (χ3v) is 4.84. The van der Waals surface area contributed by atoms with Gasteiger partial charge in [0.2, 0.25) is 0 Å². The molecule has 1 saturated heterocycles. The molecule has 1 aliphatic heterocycles. The lowest BCUT2D eigenvalue weighted by atomic mass is 9.97. The molecule has 2 heterocycles. The van der Waals surface area contributed by atoms with Crippen LogP contribution in [0.4, 0.5) is 0 Å². The van der Waals surface area contributed by atoms with Gasteiger partial charge in [-0.2, -0.15) is 0 Å². The number of imidazole rings is 1. The highest BCUT2D eigenvalue weighted by atomic mass is 15.1. The second-order valence-corrected chi connectivity index (χ2v) is 6.52. The summed E-state index contributed by atoms with van der Waals surface area (Å²) in [4.78, 5) is 4.44. The highest BCUT2D eigenvalue weighted by Crippen LogP contribution is 2.39. The first-order valence-electron chi connectivity index (χ1n) is 8.05. The number of hydrogen-bond donors (Lipinski definition) is 1. The lowest BCUT2D eigenvalue weighted by Crippen LogP contribution is -2.36. The Kier molecular flexibility index (Phi) is 3.92. The number of nitrogens with zero attached hydrogens (tertiary/aromatic N) is 2. The van der Waals surface area contributed by atoms with Crippen molar-refractivity contribution < 1.29 is 0 Å². The van der Waals surface area contributed by atoms with Crippen LogP contribution in [0.15, 0.2) is 12.5 Å². The summed E-state index contributed by atoms with van der Waals surface area (Å²) in [6.45, 7) is 4.61. The van der Waals surface area contributed by atoms with Gasteiger partial charge < -0.3 is 9.88 Å². The summed E-state index contributed by atoms with van der Waals surface area (Å²) < 4.78 is 2.47. The monoisotopic (exact) mass is 261 g/mol. The molecule has 3 rings (SSSR count). The SMILES string of the molecule is CCC(CC1CC1)n1cncc1C1CCCC(C)N1. The zero-order valence-electron chi connectivity index (χ0n) is 12.3. The summed E-state index contributed by atoms with van der Waals surface area (Å²) >= 11 is 0. The smallest absolute Gasteiger partial charge is 0.0951 e. The topological polar surface area (TPSA) is 29.9 Å². The van der Waals surface area contributed by atoms with E-state index >= 15 is 0 Å². The normalized spacial score (nSPS) is 29.4. The molecular weight excluding hydrogens is 234 g/mol. The maximum absolute atomic E-state index is 4.44. The molecule has 19 heavy (non-hydrogen) atoms. The standard InChI is InChI=1S/C16H27N3/c1-3-14(9-13-7-8-13)19-11-17-10-16(19)15-6-4-5-12(2)18-15/h10-15,18H,3-9H2,1-2H3. The quantitative estimate of drug-likeness (QED) is 0.873. The number of nitrogens with one attached hydrogen (secondary N) is 1. The number of rotatable bonds is 5. The molecule has 0 aromatic carbocycles. The van der Waals surface area contributed by atoms with Gasteiger partial charge >= 0.3 is 0 Å². The van der Waals surface area contributed by atoms with E-state index in [1.54, 1.807) is 0 Å². The molecule has 3 nitrogen and oxygen atoms in total. The van der Waals surface area contributed by atoms with Crippen molar-refractivity contribution in [3.63, 3.8) is 0 Å². The number of hydrogen-bond acceptors (Lipinski definition) is 2. The second-order valence-electron chi connectivity index (χ2n) is 6.52. The van der Waals surface area contributed by atoms with E-state index in [9.17, 15) is 0 Å². The summed E-state index contributed by atoms with van der Waals surface area (Å²) in [5.74, 6) is 0.985. The average molecular weight is 261 g/mol. The average Bonchev–Trinajstić information content (AvgIpc) is 3.10. The Morgan fingerprint density at radius 3 is 2.89 bits per heavy atom. The van der Waals surface area contributed by atoms with Gasteiger partial charge in [-0.25, -0.2) is 4.98 Å². The first-order valence-corrected chi connectivity index (χ1v) is 8.05. The van der Waals surface area contributed by atoms with Crippen molar-refractivity contribution in [3.05, 3.63) is 18.2 Å². The minimum atomic E-state index is 0.513. The zero-order chi connectivity index (χ0) is 13.2. The van der Waals surface area contributed by atoms with E-state index in [1.807, 2.05) is 0 Å². The van der Waals surface area contributed by atoms with Crippen LogP contribution < -0.4 is 5.32 Å². The maximum atomic E-state index is 4.44. The molecular formula is C16H27N3. The predicted octanol–water partition coefficient (Wildman–Crippen LogP) is 3.84. The highest BCUT2D eigenvalue weighted by molar-refractivity contribution is 5.09. The van der Waals surface area contributed by atoms with Crippen molar-refractivity contribution in [2.75, 3.05) is 0 Å². The van der Waals surface area contributed by atoms with Crippen LogP contribution in [0.2, 0.25) is 0 Å². The minimum Gasteiger partial charge on any atom is -0.330 e. The summed E-state index contributed by atoms with van der Waals surface area (Å²) in [6, 6.07) is 1.81. The number of aromatic nitrogens is 2. The Balaban J connectivity index is 1.75. The zero-order valence-corrected chi connectivity index (χ0v) is 12.3. The Morgan fingerprint density at radius 1 is 1.37 bits per heavy atom. The van der Waals surface area contributed by atoms with Crippen LogP contribution in [0.25, 0.3) is 0 Å². The van der Waals surface area contributed by atoms with Gasteiger partial charge in [-0.3, -0.25) is 0 Å². The van der Waals surface area contributed by atoms with Gasteiger partial charge in [0.1, 0.15) is 0 Å². The van der Waals surface area contributed by atoms with Crippen molar-refractivity contribution >= 4 is 0 Å². The van der Waals surface area contributed by atoms with Gasteiger partial charge in [0.15, 0.2) is 0 Å². The molecule has 1 aromatic heterocycles. The van der Waals surface area contributed by atoms with Crippen molar-refractivity contribution in [3.8, 4) is 0 Å². The van der Waals surface area contributed by atoms with Crippen molar-refractivity contribution in [2.45, 2.75) is 76.9 Å². The molecule has 1 N–H and O–H groups in total. The van der Waals surface area contributed by atoms with Crippen LogP contribution in [0, 0.1) is 5.92 Å². The van der Waals surface area contributed by atoms with E-state index in [0.29, 0.717) is 18.1 Å². The largest absolute Gasteiger partial charge is 0.330 e. The van der Waals surface area contributed by atoms with Gasteiger partial charge in [0.25, 0.3) is 0 Å². The highest BCUT2D eigenvalue weighted by Gasteiger charge is 2.28. The fourth-order valence-electron chi connectivity index (χ4n) is 3.48. The van der Waals surface area contributed by atoms with E-state index in [4.69, 9.17) is 0 Å². The third kappa shape index (κ3) is 3.02. The first kappa shape index (κ1) is 13.2. The van der Waals surface area contributed by atoms with E-state index < -0.39 is 0 Å². The lowest BCUT2D eigenvalue weighted by molar-refractivity contribution is 0.315. The number of piperidine rings is 1. The van der Waals surface area contributed by atoms with Gasteiger partial charge in [-0.05, 0) is 44.9 Å². The first-order chi connectivity index (χ1) is 9.28. The molecule has 3 unspecified atom stereocenters. The Hall–Kier alpha value is -0.830. The van der Waals surface area contributed by atoms with Crippen molar-refractivity contribution in [2.24, 2.45) is 5.92 Å². The van der Waals surface area contributed by atoms with E-state index in [0.717, 1.165) is 5.92 Å². The summed E-state index contributed by atoms with van der Waals surface area (Å²) in [7, 11) is 0. The Labute approximate surface area is 116 Å². The molecule has 1 aromatic rings. The van der Waals surface area contributed by atoms with E-state index in [2.05, 4.69) is 41.2 Å². The van der Waals surface area contributed by atoms with Crippen molar-refractivity contribution in [1.82, 2.24) is 14.9 Å². The second kappa shape index (κ2) is 5.66. The summed E-state index contributed by atoms with van der Waals surface area (Å²) in [5, 5.41) is 3.75. The molecule has 3 atom stereocenters. The minimum absolute atomic E-state index is 0.513. The van der Waals surface area contributed by atoms with Gasteiger partial charge in [-0.15, -0.1) is 0 Å². The third-order valence-electron chi connectivity index (χ3n) is 4.84. The fourth-order valence-corrected chi connectivity index (χ4v) is 3.48. The molecule has 2 aliphatic rings. The van der Waals surface area contributed by atoms with Crippen LogP contribution in [0.5, 0.6) is 0 Å². The molecule has 1 aliphatic carbocycles. The van der Waals surface area contributed by atoms with Crippen LogP contribution in [0.1, 0.15) is 76.6 Å². The molecule has 0 spiro atoms. The molecule has 1 saturated carbocycles. The van der Waals surface area contributed by atoms with Crippen LogP contribution >= 0.6 is 0 Å². The predicted molar refractivity (Wildman–Crippen MR) is 78.1 cm³/mol. The maximum Gasteiger partial charge on any atom is 0.0951 e. The van der Waals surface area contributed by atoms with Crippen LogP contribution in [0.3, 0.4) is 0 Å². The molecule has 106 valence electrons. The molecule has 0 amide bonds. The molecule has 0 bridgehead atoms. The Bertz CT molecular complexity index is 389. The molecule has 3 heteroatoms. The molecule has 2 fully saturated rings. The Morgan fingerprint density at radius 2 is 2.21 bits per heavy atom.